The van der Waals surface area contributed by atoms with Crippen molar-refractivity contribution in [3.8, 4) is 5.75 Å². The average Bonchev–Trinajstić information content (AvgIpc) is 2.77. The highest BCUT2D eigenvalue weighted by Crippen LogP contribution is 2.34. The lowest BCUT2D eigenvalue weighted by atomic mass is 10.0. The Morgan fingerprint density at radius 2 is 1.95 bits per heavy atom. The molecule has 0 fully saturated rings. The van der Waals surface area contributed by atoms with E-state index in [0.29, 0.717) is 12.2 Å². The van der Waals surface area contributed by atoms with Crippen molar-refractivity contribution in [3.05, 3.63) is 57.2 Å². The third-order valence-corrected chi connectivity index (χ3v) is 3.94. The first kappa shape index (κ1) is 14.1. The summed E-state index contributed by atoms with van der Waals surface area (Å²) in [5.41, 5.74) is 3.52. The van der Waals surface area contributed by atoms with Gasteiger partial charge in [-0.25, -0.2) is 0 Å². The van der Waals surface area contributed by atoms with Crippen molar-refractivity contribution < 1.29 is 9.53 Å². The zero-order valence-electron chi connectivity index (χ0n) is 11.5. The molecule has 1 amide bonds. The van der Waals surface area contributed by atoms with Gasteiger partial charge < -0.3 is 10.1 Å². The predicted octanol–water partition coefficient (Wildman–Crippen LogP) is 4.18. The van der Waals surface area contributed by atoms with Crippen LogP contribution in [0.5, 0.6) is 5.75 Å². The molecule has 0 aliphatic carbocycles. The zero-order valence-corrected chi connectivity index (χ0v) is 13.7. The van der Waals surface area contributed by atoms with Crippen LogP contribution < -0.4 is 10.1 Å². The Labute approximate surface area is 137 Å². The molecule has 0 bridgehead atoms. The van der Waals surface area contributed by atoms with Gasteiger partial charge in [-0.05, 0) is 71.5 Å². The summed E-state index contributed by atoms with van der Waals surface area (Å²) in [7, 11) is 0. The fourth-order valence-electron chi connectivity index (χ4n) is 2.30. The van der Waals surface area contributed by atoms with Crippen LogP contribution >= 0.6 is 22.6 Å². The van der Waals surface area contributed by atoms with Crippen molar-refractivity contribution in [1.82, 2.24) is 0 Å². The minimum absolute atomic E-state index is 0.0547. The standard InChI is InChI=1S/C17H14INO2/c1-2-21-13-6-3-11(4-7-13)9-15-14-10-12(18)5-8-16(14)19-17(15)20/h3-10H,2H2,1H3,(H,19,20). The topological polar surface area (TPSA) is 38.3 Å². The van der Waals surface area contributed by atoms with Gasteiger partial charge in [-0.15, -0.1) is 0 Å². The first-order valence-corrected chi connectivity index (χ1v) is 7.81. The van der Waals surface area contributed by atoms with Gasteiger partial charge in [0, 0.05) is 20.4 Å². The molecule has 1 heterocycles. The van der Waals surface area contributed by atoms with Gasteiger partial charge in [-0.1, -0.05) is 12.1 Å². The fourth-order valence-corrected chi connectivity index (χ4v) is 2.79. The van der Waals surface area contributed by atoms with Crippen LogP contribution in [0.15, 0.2) is 42.5 Å². The number of carbonyl (C=O) groups excluding carboxylic acids is 1. The zero-order chi connectivity index (χ0) is 14.8. The molecule has 0 atom stereocenters. The Bertz CT molecular complexity index is 720. The molecule has 0 saturated heterocycles. The molecule has 1 N–H and O–H groups in total. The number of hydrogen-bond acceptors (Lipinski definition) is 2. The van der Waals surface area contributed by atoms with Gasteiger partial charge in [0.2, 0.25) is 0 Å². The molecule has 4 heteroatoms. The number of halogens is 1. The SMILES string of the molecule is CCOc1ccc(C=C2C(=O)Nc3ccc(I)cc32)cc1. The Morgan fingerprint density at radius 1 is 1.19 bits per heavy atom. The Morgan fingerprint density at radius 3 is 2.67 bits per heavy atom. The number of rotatable bonds is 3. The number of hydrogen-bond donors (Lipinski definition) is 1. The van der Waals surface area contributed by atoms with E-state index >= 15 is 0 Å². The highest BCUT2D eigenvalue weighted by molar-refractivity contribution is 14.1. The van der Waals surface area contributed by atoms with Crippen LogP contribution in [0, 0.1) is 3.57 Å². The summed E-state index contributed by atoms with van der Waals surface area (Å²) in [5, 5.41) is 2.89. The number of benzene rings is 2. The van der Waals surface area contributed by atoms with Gasteiger partial charge in [-0.2, -0.15) is 0 Å². The quantitative estimate of drug-likeness (QED) is 0.630. The molecular weight excluding hydrogens is 377 g/mol. The monoisotopic (exact) mass is 391 g/mol. The smallest absolute Gasteiger partial charge is 0.256 e. The second-order valence-corrected chi connectivity index (χ2v) is 5.95. The molecule has 0 spiro atoms. The van der Waals surface area contributed by atoms with Crippen molar-refractivity contribution in [3.63, 3.8) is 0 Å². The number of carbonyl (C=O) groups is 1. The molecule has 0 unspecified atom stereocenters. The van der Waals surface area contributed by atoms with Crippen LogP contribution in [-0.4, -0.2) is 12.5 Å². The first-order valence-electron chi connectivity index (χ1n) is 6.73. The maximum atomic E-state index is 12.1. The van der Waals surface area contributed by atoms with E-state index in [1.54, 1.807) is 0 Å². The minimum atomic E-state index is -0.0547. The molecule has 0 radical (unpaired) electrons. The number of anilines is 1. The van der Waals surface area contributed by atoms with Gasteiger partial charge >= 0.3 is 0 Å². The van der Waals surface area contributed by atoms with Crippen molar-refractivity contribution in [2.24, 2.45) is 0 Å². The van der Waals surface area contributed by atoms with Gasteiger partial charge in [0.15, 0.2) is 0 Å². The maximum absolute atomic E-state index is 12.1. The summed E-state index contributed by atoms with van der Waals surface area (Å²) >= 11 is 2.25. The van der Waals surface area contributed by atoms with Gasteiger partial charge in [0.1, 0.15) is 5.75 Å². The molecule has 21 heavy (non-hydrogen) atoms. The van der Waals surface area contributed by atoms with Gasteiger partial charge in [-0.3, -0.25) is 4.79 Å². The summed E-state index contributed by atoms with van der Waals surface area (Å²) < 4.78 is 6.53. The highest BCUT2D eigenvalue weighted by atomic mass is 127. The van der Waals surface area contributed by atoms with E-state index in [0.717, 1.165) is 26.1 Å². The summed E-state index contributed by atoms with van der Waals surface area (Å²) in [5.74, 6) is 0.784. The third-order valence-electron chi connectivity index (χ3n) is 3.27. The van der Waals surface area contributed by atoms with E-state index in [1.165, 1.54) is 0 Å². The van der Waals surface area contributed by atoms with Crippen LogP contribution in [0.2, 0.25) is 0 Å². The lowest BCUT2D eigenvalue weighted by Crippen LogP contribution is -2.03. The number of ether oxygens (including phenoxy) is 1. The summed E-state index contributed by atoms with van der Waals surface area (Å²) in [6.45, 7) is 2.60. The molecule has 3 nitrogen and oxygen atoms in total. The van der Waals surface area contributed by atoms with E-state index in [2.05, 4.69) is 27.9 Å². The molecular formula is C17H14INO2. The largest absolute Gasteiger partial charge is 0.494 e. The lowest BCUT2D eigenvalue weighted by Gasteiger charge is -2.03. The van der Waals surface area contributed by atoms with Crippen molar-refractivity contribution >= 4 is 45.8 Å². The normalized spacial score (nSPS) is 15.0. The fraction of sp³-hybridized carbons (Fsp3) is 0.118. The molecule has 106 valence electrons. The molecule has 0 aromatic heterocycles. The maximum Gasteiger partial charge on any atom is 0.256 e. The number of amides is 1. The van der Waals surface area contributed by atoms with Crippen molar-refractivity contribution in [2.75, 3.05) is 11.9 Å². The van der Waals surface area contributed by atoms with Crippen LogP contribution in [0.4, 0.5) is 5.69 Å². The van der Waals surface area contributed by atoms with Crippen LogP contribution in [0.1, 0.15) is 18.1 Å². The van der Waals surface area contributed by atoms with Crippen molar-refractivity contribution in [2.45, 2.75) is 6.92 Å². The highest BCUT2D eigenvalue weighted by Gasteiger charge is 2.23. The van der Waals surface area contributed by atoms with E-state index in [4.69, 9.17) is 4.74 Å². The van der Waals surface area contributed by atoms with E-state index in [9.17, 15) is 4.79 Å². The molecule has 0 saturated carbocycles. The third kappa shape index (κ3) is 2.95. The van der Waals surface area contributed by atoms with Crippen molar-refractivity contribution in [1.29, 1.82) is 0 Å². The Kier molecular flexibility index (Phi) is 3.96. The first-order chi connectivity index (χ1) is 10.2. The number of nitrogens with one attached hydrogen (secondary N) is 1. The van der Waals surface area contributed by atoms with Crippen LogP contribution in [-0.2, 0) is 4.79 Å². The molecule has 2 aromatic rings. The number of fused-ring (bicyclic) bond motifs is 1. The van der Waals surface area contributed by atoms with E-state index in [1.807, 2.05) is 55.5 Å². The van der Waals surface area contributed by atoms with Gasteiger partial charge in [0.25, 0.3) is 5.91 Å². The van der Waals surface area contributed by atoms with E-state index in [-0.39, 0.29) is 5.91 Å². The molecule has 1 aliphatic heterocycles. The van der Waals surface area contributed by atoms with Crippen LogP contribution in [0.3, 0.4) is 0 Å². The van der Waals surface area contributed by atoms with Crippen LogP contribution in [0.25, 0.3) is 11.6 Å². The van der Waals surface area contributed by atoms with E-state index < -0.39 is 0 Å². The molecule has 3 rings (SSSR count). The minimum Gasteiger partial charge on any atom is -0.494 e. The Hall–Kier alpha value is -1.82. The summed E-state index contributed by atoms with van der Waals surface area (Å²) in [6, 6.07) is 13.7. The average molecular weight is 391 g/mol. The second kappa shape index (κ2) is 5.89. The summed E-state index contributed by atoms with van der Waals surface area (Å²) in [4.78, 5) is 12.1. The Balaban J connectivity index is 1.96. The molecule has 1 aliphatic rings. The van der Waals surface area contributed by atoms with Gasteiger partial charge in [0.05, 0.1) is 6.61 Å². The molecule has 2 aromatic carbocycles. The lowest BCUT2D eigenvalue weighted by molar-refractivity contribution is -0.110. The predicted molar refractivity (Wildman–Crippen MR) is 93.3 cm³/mol. The summed E-state index contributed by atoms with van der Waals surface area (Å²) in [6.07, 6.45) is 1.91. The second-order valence-electron chi connectivity index (χ2n) is 4.70.